The van der Waals surface area contributed by atoms with E-state index in [4.69, 9.17) is 5.11 Å². The molecule has 1 aliphatic heterocycles. The molecule has 1 aliphatic rings. The van der Waals surface area contributed by atoms with Crippen LogP contribution in [0, 0.1) is 5.92 Å². The minimum atomic E-state index is -1.03. The summed E-state index contributed by atoms with van der Waals surface area (Å²) in [6, 6.07) is -0.524. The summed E-state index contributed by atoms with van der Waals surface area (Å²) in [5, 5.41) is 18.3. The number of carbonyl (C=O) groups excluding carboxylic acids is 1. The fourth-order valence-corrected chi connectivity index (χ4v) is 2.41. The van der Waals surface area contributed by atoms with Crippen LogP contribution >= 0.6 is 0 Å². The predicted octanol–water partition coefficient (Wildman–Crippen LogP) is 0.994. The smallest absolute Gasteiger partial charge is 0.323 e. The molecule has 0 radical (unpaired) electrons. The molecule has 0 aliphatic carbocycles. The monoisotopic (exact) mass is 272 g/mol. The lowest BCUT2D eigenvalue weighted by molar-refractivity contribution is -0.138. The molecule has 1 rings (SSSR count). The topological polar surface area (TPSA) is 81.1 Å². The van der Waals surface area contributed by atoms with Crippen molar-refractivity contribution in [3.63, 3.8) is 0 Å². The molecular weight excluding hydrogens is 248 g/mol. The third-order valence-electron chi connectivity index (χ3n) is 3.65. The number of aliphatic carboxylic acids is 1. The van der Waals surface area contributed by atoms with Crippen molar-refractivity contribution in [1.82, 2.24) is 9.80 Å². The van der Waals surface area contributed by atoms with Crippen molar-refractivity contribution in [3.05, 3.63) is 0 Å². The second kappa shape index (κ2) is 5.77. The zero-order valence-electron chi connectivity index (χ0n) is 12.1. The van der Waals surface area contributed by atoms with E-state index in [0.717, 1.165) is 6.42 Å². The SMILES string of the molecule is CC1CCN(C(=O)N(CC(=O)O)C(C)(C)C)C1CO. The lowest BCUT2D eigenvalue weighted by atomic mass is 10.0. The summed E-state index contributed by atoms with van der Waals surface area (Å²) in [7, 11) is 0. The lowest BCUT2D eigenvalue weighted by Crippen LogP contribution is -2.55. The third-order valence-corrected chi connectivity index (χ3v) is 3.65. The van der Waals surface area contributed by atoms with Crippen molar-refractivity contribution in [1.29, 1.82) is 0 Å². The molecule has 2 N–H and O–H groups in total. The molecule has 2 unspecified atom stereocenters. The van der Waals surface area contributed by atoms with Crippen molar-refractivity contribution < 1.29 is 19.8 Å². The van der Waals surface area contributed by atoms with Crippen LogP contribution in [0.25, 0.3) is 0 Å². The van der Waals surface area contributed by atoms with E-state index in [2.05, 4.69) is 0 Å². The average Bonchev–Trinajstić information content (AvgIpc) is 2.64. The van der Waals surface area contributed by atoms with Crippen molar-refractivity contribution >= 4 is 12.0 Å². The van der Waals surface area contributed by atoms with Gasteiger partial charge in [-0.2, -0.15) is 0 Å². The van der Waals surface area contributed by atoms with E-state index < -0.39 is 11.5 Å². The van der Waals surface area contributed by atoms with Crippen LogP contribution in [-0.4, -0.2) is 63.3 Å². The fraction of sp³-hybridized carbons (Fsp3) is 0.846. The van der Waals surface area contributed by atoms with Gasteiger partial charge in [-0.1, -0.05) is 6.92 Å². The summed E-state index contributed by atoms with van der Waals surface area (Å²) < 4.78 is 0. The number of carboxylic acid groups (broad SMARTS) is 1. The molecule has 0 saturated carbocycles. The van der Waals surface area contributed by atoms with Crippen LogP contribution in [0.15, 0.2) is 0 Å². The van der Waals surface area contributed by atoms with E-state index in [1.54, 1.807) is 25.7 Å². The number of amides is 2. The molecule has 1 fully saturated rings. The molecule has 1 heterocycles. The Bertz CT molecular complexity index is 351. The van der Waals surface area contributed by atoms with Crippen molar-refractivity contribution in [2.45, 2.75) is 45.7 Å². The Morgan fingerprint density at radius 2 is 1.95 bits per heavy atom. The first-order valence-corrected chi connectivity index (χ1v) is 6.59. The van der Waals surface area contributed by atoms with Crippen LogP contribution in [0.2, 0.25) is 0 Å². The van der Waals surface area contributed by atoms with Gasteiger partial charge < -0.3 is 20.0 Å². The zero-order chi connectivity index (χ0) is 14.8. The molecule has 0 spiro atoms. The first kappa shape index (κ1) is 15.8. The van der Waals surface area contributed by atoms with Crippen LogP contribution in [0.1, 0.15) is 34.1 Å². The number of likely N-dealkylation sites (tertiary alicyclic amines) is 1. The highest BCUT2D eigenvalue weighted by Gasteiger charge is 2.39. The summed E-state index contributed by atoms with van der Waals surface area (Å²) >= 11 is 0. The molecule has 6 heteroatoms. The van der Waals surface area contributed by atoms with Gasteiger partial charge in [0.2, 0.25) is 0 Å². The van der Waals surface area contributed by atoms with E-state index in [1.807, 2.05) is 6.92 Å². The molecule has 2 atom stereocenters. The van der Waals surface area contributed by atoms with Gasteiger partial charge in [-0.05, 0) is 33.1 Å². The summed E-state index contributed by atoms with van der Waals surface area (Å²) in [6.07, 6.45) is 0.835. The summed E-state index contributed by atoms with van der Waals surface area (Å²) in [6.45, 7) is 7.57. The Balaban J connectivity index is 2.91. The van der Waals surface area contributed by atoms with Crippen LogP contribution < -0.4 is 0 Å². The first-order chi connectivity index (χ1) is 8.68. The number of aliphatic hydroxyl groups is 1. The highest BCUT2D eigenvalue weighted by Crippen LogP contribution is 2.26. The minimum Gasteiger partial charge on any atom is -0.480 e. The van der Waals surface area contributed by atoms with Gasteiger partial charge in [-0.3, -0.25) is 4.79 Å². The van der Waals surface area contributed by atoms with Crippen LogP contribution in [0.5, 0.6) is 0 Å². The molecule has 0 aromatic carbocycles. The maximum atomic E-state index is 12.5. The second-order valence-corrected chi connectivity index (χ2v) is 6.14. The van der Waals surface area contributed by atoms with Gasteiger partial charge in [-0.25, -0.2) is 4.79 Å². The zero-order valence-corrected chi connectivity index (χ0v) is 12.1. The number of carbonyl (C=O) groups is 2. The number of hydrogen-bond donors (Lipinski definition) is 2. The number of aliphatic hydroxyl groups excluding tert-OH is 1. The molecule has 0 bridgehead atoms. The number of urea groups is 1. The quantitative estimate of drug-likeness (QED) is 0.803. The van der Waals surface area contributed by atoms with E-state index >= 15 is 0 Å². The molecule has 0 aromatic heterocycles. The number of rotatable bonds is 3. The maximum absolute atomic E-state index is 12.5. The van der Waals surface area contributed by atoms with Gasteiger partial charge in [0.1, 0.15) is 6.54 Å². The highest BCUT2D eigenvalue weighted by molar-refractivity contribution is 5.81. The molecule has 6 nitrogen and oxygen atoms in total. The number of carboxylic acids is 1. The van der Waals surface area contributed by atoms with Gasteiger partial charge in [0.25, 0.3) is 0 Å². The van der Waals surface area contributed by atoms with Crippen molar-refractivity contribution in [2.75, 3.05) is 19.7 Å². The molecular formula is C13H24N2O4. The molecule has 2 amide bonds. The fourth-order valence-electron chi connectivity index (χ4n) is 2.41. The van der Waals surface area contributed by atoms with Crippen molar-refractivity contribution in [3.8, 4) is 0 Å². The molecule has 0 aromatic rings. The molecule has 1 saturated heterocycles. The second-order valence-electron chi connectivity index (χ2n) is 6.14. The predicted molar refractivity (Wildman–Crippen MR) is 70.9 cm³/mol. The van der Waals surface area contributed by atoms with Crippen LogP contribution in [0.4, 0.5) is 4.79 Å². The Hall–Kier alpha value is -1.30. The number of nitrogens with zero attached hydrogens (tertiary/aromatic N) is 2. The third kappa shape index (κ3) is 3.59. The Labute approximate surface area is 114 Å². The molecule has 19 heavy (non-hydrogen) atoms. The summed E-state index contributed by atoms with van der Waals surface area (Å²) in [5.41, 5.74) is -0.568. The lowest BCUT2D eigenvalue weighted by Gasteiger charge is -2.39. The van der Waals surface area contributed by atoms with Gasteiger partial charge in [0.05, 0.1) is 12.6 Å². The highest BCUT2D eigenvalue weighted by atomic mass is 16.4. The summed E-state index contributed by atoms with van der Waals surface area (Å²) in [5.74, 6) is -0.795. The molecule has 110 valence electrons. The normalized spacial score (nSPS) is 23.5. The number of hydrogen-bond acceptors (Lipinski definition) is 3. The average molecular weight is 272 g/mol. The van der Waals surface area contributed by atoms with E-state index in [1.165, 1.54) is 4.90 Å². The first-order valence-electron chi connectivity index (χ1n) is 6.59. The Kier molecular flexibility index (Phi) is 4.79. The maximum Gasteiger partial charge on any atom is 0.323 e. The van der Waals surface area contributed by atoms with Crippen molar-refractivity contribution in [2.24, 2.45) is 5.92 Å². The minimum absolute atomic E-state index is 0.0854. The standard InChI is InChI=1S/C13H24N2O4/c1-9-5-6-14(10(9)8-16)12(19)15(7-11(17)18)13(2,3)4/h9-10,16H,5-8H2,1-4H3,(H,17,18). The van der Waals surface area contributed by atoms with Gasteiger partial charge in [0.15, 0.2) is 0 Å². The largest absolute Gasteiger partial charge is 0.480 e. The van der Waals surface area contributed by atoms with Gasteiger partial charge in [0, 0.05) is 12.1 Å². The Morgan fingerprint density at radius 3 is 2.37 bits per heavy atom. The van der Waals surface area contributed by atoms with E-state index in [-0.39, 0.29) is 31.1 Å². The van der Waals surface area contributed by atoms with Crippen LogP contribution in [-0.2, 0) is 4.79 Å². The van der Waals surface area contributed by atoms with Gasteiger partial charge in [-0.15, -0.1) is 0 Å². The van der Waals surface area contributed by atoms with E-state index in [0.29, 0.717) is 6.54 Å². The Morgan fingerprint density at radius 1 is 1.37 bits per heavy atom. The van der Waals surface area contributed by atoms with E-state index in [9.17, 15) is 14.7 Å². The van der Waals surface area contributed by atoms with Gasteiger partial charge >= 0.3 is 12.0 Å². The summed E-state index contributed by atoms with van der Waals surface area (Å²) in [4.78, 5) is 26.4. The van der Waals surface area contributed by atoms with Crippen LogP contribution in [0.3, 0.4) is 0 Å².